The van der Waals surface area contributed by atoms with Gasteiger partial charge in [0.1, 0.15) is 12.2 Å². The average molecular weight is 438 g/mol. The highest BCUT2D eigenvalue weighted by Gasteiger charge is 2.62. The van der Waals surface area contributed by atoms with Gasteiger partial charge in [0.15, 0.2) is 23.3 Å². The number of carbonyl (C=O) groups is 2. The first kappa shape index (κ1) is 23.8. The third-order valence-electron chi connectivity index (χ3n) is 4.74. The van der Waals surface area contributed by atoms with Crippen LogP contribution in [-0.4, -0.2) is 17.5 Å². The summed E-state index contributed by atoms with van der Waals surface area (Å²) in [6.45, 7) is 6.53. The number of hydrogen-bond acceptors (Lipinski definition) is 4. The summed E-state index contributed by atoms with van der Waals surface area (Å²) < 4.78 is 90.5. The summed E-state index contributed by atoms with van der Waals surface area (Å²) in [6, 6.07) is 0. The summed E-state index contributed by atoms with van der Waals surface area (Å²) in [5.41, 5.74) is -3.11. The van der Waals surface area contributed by atoms with Crippen LogP contribution in [0.25, 0.3) is 0 Å². The maximum atomic E-state index is 14.1. The van der Waals surface area contributed by atoms with Crippen LogP contribution in [0, 0.1) is 46.3 Å². The Hall–Kier alpha value is -2.52. The quantitative estimate of drug-likeness (QED) is 0.216. The lowest BCUT2D eigenvalue weighted by Crippen LogP contribution is -2.24. The van der Waals surface area contributed by atoms with E-state index in [-0.39, 0.29) is 0 Å². The van der Waals surface area contributed by atoms with Gasteiger partial charge in [-0.15, -0.1) is 0 Å². The molecule has 10 heteroatoms. The molecule has 0 unspecified atom stereocenters. The Bertz CT molecular complexity index is 888. The van der Waals surface area contributed by atoms with Gasteiger partial charge in [0.05, 0.1) is 11.5 Å². The summed E-state index contributed by atoms with van der Waals surface area (Å²) in [4.78, 5) is 24.0. The highest BCUT2D eigenvalue weighted by Crippen LogP contribution is 2.60. The maximum absolute atomic E-state index is 14.1. The molecule has 0 N–H and O–H groups in total. The van der Waals surface area contributed by atoms with Gasteiger partial charge in [0, 0.05) is 0 Å². The number of allylic oxidation sites excluding steroid dienone is 1. The number of halogens is 6. The molecular weight excluding hydrogens is 418 g/mol. The molecule has 0 spiro atoms. The van der Waals surface area contributed by atoms with E-state index in [2.05, 4.69) is 0 Å². The van der Waals surface area contributed by atoms with E-state index in [4.69, 9.17) is 9.47 Å². The Kier molecular flexibility index (Phi) is 6.30. The number of rotatable bonds is 5. The fourth-order valence-electron chi connectivity index (χ4n) is 3.00. The zero-order valence-electron chi connectivity index (χ0n) is 16.8. The van der Waals surface area contributed by atoms with Crippen molar-refractivity contribution in [1.29, 1.82) is 0 Å². The molecule has 0 radical (unpaired) electrons. The van der Waals surface area contributed by atoms with Crippen molar-refractivity contribution in [3.05, 3.63) is 46.6 Å². The van der Waals surface area contributed by atoms with Crippen LogP contribution in [0.4, 0.5) is 26.3 Å². The Morgan fingerprint density at radius 3 is 1.90 bits per heavy atom. The van der Waals surface area contributed by atoms with Crippen LogP contribution in [-0.2, 0) is 25.7 Å². The van der Waals surface area contributed by atoms with Gasteiger partial charge in [0.2, 0.25) is 11.6 Å². The smallest absolute Gasteiger partial charge is 0.367 e. The fourth-order valence-corrected chi connectivity index (χ4v) is 3.00. The monoisotopic (exact) mass is 438 g/mol. The molecule has 0 heterocycles. The third kappa shape index (κ3) is 4.62. The minimum atomic E-state index is -2.33. The predicted octanol–water partition coefficient (Wildman–Crippen LogP) is 4.89. The highest BCUT2D eigenvalue weighted by atomic mass is 19.2. The number of esters is 2. The average Bonchev–Trinajstić information content (AvgIpc) is 3.16. The molecule has 0 saturated heterocycles. The number of hydrogen-bond donors (Lipinski definition) is 0. The van der Waals surface area contributed by atoms with Gasteiger partial charge in [-0.05, 0) is 38.2 Å². The first-order chi connectivity index (χ1) is 13.6. The van der Waals surface area contributed by atoms with E-state index >= 15 is 0 Å². The van der Waals surface area contributed by atoms with Crippen molar-refractivity contribution in [3.8, 4) is 0 Å². The standard InChI is InChI=1S/C20H20F6O4/c1-19(2,3)30-17(27)10(21)6-9-11(20(9,4)5)18(28)29-7-8-12(22)14(24)16(26)15(25)13(8)23/h6,9,11H,7H2,1-5H3/b10-6-/t9-,11-/m0/s1. The molecule has 30 heavy (non-hydrogen) atoms. The molecule has 166 valence electrons. The van der Waals surface area contributed by atoms with E-state index in [1.165, 1.54) is 0 Å². The fraction of sp³-hybridized carbons (Fsp3) is 0.500. The Labute approximate surface area is 168 Å². The summed E-state index contributed by atoms with van der Waals surface area (Å²) in [7, 11) is 0. The summed E-state index contributed by atoms with van der Waals surface area (Å²) in [6.07, 6.45) is 0.887. The topological polar surface area (TPSA) is 52.6 Å². The molecule has 0 aromatic heterocycles. The van der Waals surface area contributed by atoms with E-state index in [1.807, 2.05) is 0 Å². The second-order valence-electron chi connectivity index (χ2n) is 8.50. The second kappa shape index (κ2) is 7.96. The van der Waals surface area contributed by atoms with E-state index in [0.29, 0.717) is 0 Å². The molecule has 1 aromatic rings. The van der Waals surface area contributed by atoms with Crippen LogP contribution in [0.1, 0.15) is 40.2 Å². The van der Waals surface area contributed by atoms with E-state index in [9.17, 15) is 35.9 Å². The van der Waals surface area contributed by atoms with Gasteiger partial charge in [0.25, 0.3) is 0 Å². The lowest BCUT2D eigenvalue weighted by molar-refractivity contribution is -0.152. The van der Waals surface area contributed by atoms with Crippen molar-refractivity contribution in [2.75, 3.05) is 0 Å². The van der Waals surface area contributed by atoms with Crippen molar-refractivity contribution < 1.29 is 45.4 Å². The van der Waals surface area contributed by atoms with Crippen molar-refractivity contribution in [2.45, 2.75) is 46.8 Å². The molecule has 2 atom stereocenters. The molecule has 0 bridgehead atoms. The molecule has 0 aliphatic heterocycles. The zero-order valence-corrected chi connectivity index (χ0v) is 16.8. The zero-order chi connectivity index (χ0) is 23.2. The van der Waals surface area contributed by atoms with Crippen molar-refractivity contribution in [1.82, 2.24) is 0 Å². The molecule has 1 aliphatic carbocycles. The van der Waals surface area contributed by atoms with Crippen LogP contribution >= 0.6 is 0 Å². The molecule has 4 nitrogen and oxygen atoms in total. The predicted molar refractivity (Wildman–Crippen MR) is 91.8 cm³/mol. The van der Waals surface area contributed by atoms with Crippen LogP contribution in [0.5, 0.6) is 0 Å². The normalized spacial score (nSPS) is 20.7. The van der Waals surface area contributed by atoms with Gasteiger partial charge >= 0.3 is 11.9 Å². The largest absolute Gasteiger partial charge is 0.460 e. The van der Waals surface area contributed by atoms with E-state index in [1.54, 1.807) is 34.6 Å². The van der Waals surface area contributed by atoms with Crippen molar-refractivity contribution in [2.24, 2.45) is 17.3 Å². The molecule has 1 aromatic carbocycles. The molecule has 0 amide bonds. The molecule has 1 aliphatic rings. The maximum Gasteiger partial charge on any atom is 0.367 e. The van der Waals surface area contributed by atoms with Crippen LogP contribution < -0.4 is 0 Å². The Morgan fingerprint density at radius 1 is 0.967 bits per heavy atom. The van der Waals surface area contributed by atoms with Crippen LogP contribution in [0.2, 0.25) is 0 Å². The minimum absolute atomic E-state index is 0.797. The lowest BCUT2D eigenvalue weighted by atomic mass is 10.1. The molecule has 1 saturated carbocycles. The Morgan fingerprint density at radius 2 is 1.43 bits per heavy atom. The van der Waals surface area contributed by atoms with E-state index in [0.717, 1.165) is 6.08 Å². The summed E-state index contributed by atoms with van der Waals surface area (Å²) in [5, 5.41) is 0. The second-order valence-corrected chi connectivity index (χ2v) is 8.50. The summed E-state index contributed by atoms with van der Waals surface area (Å²) >= 11 is 0. The molecular formula is C20H20F6O4. The Balaban J connectivity index is 2.12. The van der Waals surface area contributed by atoms with Crippen LogP contribution in [0.15, 0.2) is 11.9 Å². The van der Waals surface area contributed by atoms with E-state index < -0.39 is 81.9 Å². The molecule has 2 rings (SSSR count). The minimum Gasteiger partial charge on any atom is -0.460 e. The number of ether oxygens (including phenoxy) is 2. The van der Waals surface area contributed by atoms with Gasteiger partial charge in [-0.2, -0.15) is 4.39 Å². The first-order valence-corrected chi connectivity index (χ1v) is 8.87. The third-order valence-corrected chi connectivity index (χ3v) is 4.74. The first-order valence-electron chi connectivity index (χ1n) is 8.87. The van der Waals surface area contributed by atoms with Gasteiger partial charge in [-0.1, -0.05) is 13.8 Å². The van der Waals surface area contributed by atoms with Gasteiger partial charge < -0.3 is 9.47 Å². The number of carbonyl (C=O) groups excluding carboxylic acids is 2. The van der Waals surface area contributed by atoms with Gasteiger partial charge in [-0.3, -0.25) is 4.79 Å². The lowest BCUT2D eigenvalue weighted by Gasteiger charge is -2.18. The summed E-state index contributed by atoms with van der Waals surface area (Å²) in [5.74, 6) is -16.1. The van der Waals surface area contributed by atoms with Crippen LogP contribution in [0.3, 0.4) is 0 Å². The van der Waals surface area contributed by atoms with Crippen molar-refractivity contribution >= 4 is 11.9 Å². The number of benzene rings is 1. The van der Waals surface area contributed by atoms with Crippen molar-refractivity contribution in [3.63, 3.8) is 0 Å². The highest BCUT2D eigenvalue weighted by molar-refractivity contribution is 5.87. The SMILES string of the molecule is CC(C)(C)OC(=O)/C(F)=C/[C@H]1[C@@H](C(=O)OCc2c(F)c(F)c(F)c(F)c2F)C1(C)C. The molecule has 1 fully saturated rings. The van der Waals surface area contributed by atoms with Gasteiger partial charge in [-0.25, -0.2) is 26.7 Å².